The Morgan fingerprint density at radius 1 is 1.18 bits per heavy atom. The molecule has 0 unspecified atom stereocenters. The number of nitriles is 1. The summed E-state index contributed by atoms with van der Waals surface area (Å²) in [6.07, 6.45) is 0.993. The van der Waals surface area contributed by atoms with Gasteiger partial charge in [0.2, 0.25) is 0 Å². The Kier molecular flexibility index (Phi) is 2.74. The van der Waals surface area contributed by atoms with Crippen LogP contribution >= 0.6 is 0 Å². The fraction of sp³-hybridized carbons (Fsp3) is 0.500. The smallest absolute Gasteiger partial charge is 0.257 e. The van der Waals surface area contributed by atoms with Crippen molar-refractivity contribution in [3.8, 4) is 17.6 Å². The van der Waals surface area contributed by atoms with Crippen LogP contribution in [0, 0.1) is 16.7 Å². The molecule has 90 valence electrons. The van der Waals surface area contributed by atoms with Crippen molar-refractivity contribution in [1.29, 1.82) is 5.26 Å². The zero-order chi connectivity index (χ0) is 12.5. The highest BCUT2D eigenvalue weighted by atomic mass is 16.7. The molecule has 0 aliphatic carbocycles. The van der Waals surface area contributed by atoms with Gasteiger partial charge in [0.15, 0.2) is 11.5 Å². The van der Waals surface area contributed by atoms with Crippen molar-refractivity contribution in [2.75, 3.05) is 0 Å². The molecule has 3 nitrogen and oxygen atoms in total. The molecule has 0 radical (unpaired) electrons. The normalized spacial score (nSPS) is 16.6. The Hall–Kier alpha value is -1.69. The molecule has 1 aliphatic rings. The minimum atomic E-state index is -0.730. The van der Waals surface area contributed by atoms with E-state index in [-0.39, 0.29) is 5.41 Å². The van der Waals surface area contributed by atoms with Crippen molar-refractivity contribution in [3.63, 3.8) is 0 Å². The SMILES string of the molecule is CC(C)(C)C1(CCC#N)Oc2ccccc2O1. The number of para-hydroxylation sites is 2. The van der Waals surface area contributed by atoms with E-state index in [1.54, 1.807) is 0 Å². The van der Waals surface area contributed by atoms with Crippen LogP contribution in [0.15, 0.2) is 24.3 Å². The molecule has 1 heterocycles. The van der Waals surface area contributed by atoms with Gasteiger partial charge in [-0.25, -0.2) is 0 Å². The van der Waals surface area contributed by atoms with Crippen molar-refractivity contribution in [2.45, 2.75) is 39.4 Å². The van der Waals surface area contributed by atoms with Crippen molar-refractivity contribution < 1.29 is 9.47 Å². The lowest BCUT2D eigenvalue weighted by molar-refractivity contribution is -0.162. The third-order valence-electron chi connectivity index (χ3n) is 3.11. The maximum Gasteiger partial charge on any atom is 0.257 e. The van der Waals surface area contributed by atoms with Crippen LogP contribution in [0.5, 0.6) is 11.5 Å². The summed E-state index contributed by atoms with van der Waals surface area (Å²) in [6, 6.07) is 9.80. The zero-order valence-corrected chi connectivity index (χ0v) is 10.5. The van der Waals surface area contributed by atoms with E-state index in [9.17, 15) is 0 Å². The summed E-state index contributed by atoms with van der Waals surface area (Å²) in [7, 11) is 0. The minimum absolute atomic E-state index is 0.192. The first-order valence-corrected chi connectivity index (χ1v) is 5.82. The van der Waals surface area contributed by atoms with E-state index in [2.05, 4.69) is 26.8 Å². The molecule has 1 aromatic carbocycles. The van der Waals surface area contributed by atoms with E-state index in [1.807, 2.05) is 24.3 Å². The zero-order valence-electron chi connectivity index (χ0n) is 10.5. The van der Waals surface area contributed by atoms with Gasteiger partial charge in [-0.3, -0.25) is 0 Å². The van der Waals surface area contributed by atoms with Crippen LogP contribution in [-0.2, 0) is 0 Å². The molecule has 0 saturated heterocycles. The van der Waals surface area contributed by atoms with Crippen LogP contribution in [0.1, 0.15) is 33.6 Å². The van der Waals surface area contributed by atoms with Crippen LogP contribution in [0.2, 0.25) is 0 Å². The molecule has 0 saturated carbocycles. The van der Waals surface area contributed by atoms with E-state index in [1.165, 1.54) is 0 Å². The number of benzene rings is 1. The number of rotatable bonds is 2. The highest BCUT2D eigenvalue weighted by Gasteiger charge is 2.50. The fourth-order valence-corrected chi connectivity index (χ4v) is 2.00. The average Bonchev–Trinajstić information content (AvgIpc) is 2.65. The average molecular weight is 231 g/mol. The lowest BCUT2D eigenvalue weighted by Crippen LogP contribution is -2.50. The molecule has 0 aromatic heterocycles. The van der Waals surface area contributed by atoms with Gasteiger partial charge in [-0.1, -0.05) is 32.9 Å². The van der Waals surface area contributed by atoms with Gasteiger partial charge in [0.05, 0.1) is 6.07 Å². The first-order valence-electron chi connectivity index (χ1n) is 5.82. The van der Waals surface area contributed by atoms with Gasteiger partial charge in [-0.2, -0.15) is 5.26 Å². The fourth-order valence-electron chi connectivity index (χ4n) is 2.00. The quantitative estimate of drug-likeness (QED) is 0.782. The molecule has 0 amide bonds. The van der Waals surface area contributed by atoms with E-state index in [0.717, 1.165) is 11.5 Å². The molecule has 0 bridgehead atoms. The Morgan fingerprint density at radius 3 is 2.12 bits per heavy atom. The highest BCUT2D eigenvalue weighted by molar-refractivity contribution is 5.43. The highest BCUT2D eigenvalue weighted by Crippen LogP contribution is 2.48. The molecule has 1 aromatic rings. The van der Waals surface area contributed by atoms with Gasteiger partial charge >= 0.3 is 0 Å². The number of hydrogen-bond acceptors (Lipinski definition) is 3. The van der Waals surface area contributed by atoms with E-state index >= 15 is 0 Å². The second-order valence-corrected chi connectivity index (χ2v) is 5.31. The summed E-state index contributed by atoms with van der Waals surface area (Å²) < 4.78 is 12.0. The van der Waals surface area contributed by atoms with Crippen LogP contribution in [-0.4, -0.2) is 5.79 Å². The molecule has 0 atom stereocenters. The van der Waals surface area contributed by atoms with Gasteiger partial charge in [-0.15, -0.1) is 0 Å². The maximum atomic E-state index is 8.76. The monoisotopic (exact) mass is 231 g/mol. The summed E-state index contributed by atoms with van der Waals surface area (Å²) in [4.78, 5) is 0. The third-order valence-corrected chi connectivity index (χ3v) is 3.11. The number of hydrogen-bond donors (Lipinski definition) is 0. The topological polar surface area (TPSA) is 42.2 Å². The van der Waals surface area contributed by atoms with Gasteiger partial charge in [0, 0.05) is 18.3 Å². The first-order chi connectivity index (χ1) is 7.98. The largest absolute Gasteiger partial charge is 0.448 e. The molecule has 0 N–H and O–H groups in total. The standard InChI is InChI=1S/C14H17NO2/c1-13(2,3)14(9-6-10-15)16-11-7-4-5-8-12(11)17-14/h4-5,7-8H,6,9H2,1-3H3. The summed E-state index contributed by atoms with van der Waals surface area (Å²) in [5.41, 5.74) is -0.192. The van der Waals surface area contributed by atoms with Crippen LogP contribution in [0.4, 0.5) is 0 Å². The van der Waals surface area contributed by atoms with Gasteiger partial charge < -0.3 is 9.47 Å². The molecule has 0 fully saturated rings. The molecule has 1 aliphatic heterocycles. The van der Waals surface area contributed by atoms with Gasteiger partial charge in [0.1, 0.15) is 0 Å². The van der Waals surface area contributed by atoms with Crippen molar-refractivity contribution >= 4 is 0 Å². The molecule has 2 rings (SSSR count). The van der Waals surface area contributed by atoms with E-state index in [0.29, 0.717) is 12.8 Å². The lowest BCUT2D eigenvalue weighted by atomic mass is 9.82. The summed E-state index contributed by atoms with van der Waals surface area (Å²) >= 11 is 0. The number of ether oxygens (including phenoxy) is 2. The molecule has 3 heteroatoms. The van der Waals surface area contributed by atoms with Crippen molar-refractivity contribution in [2.24, 2.45) is 5.41 Å². The number of fused-ring (bicyclic) bond motifs is 1. The summed E-state index contributed by atoms with van der Waals surface area (Å²) in [6.45, 7) is 6.20. The Labute approximate surface area is 102 Å². The number of nitrogens with zero attached hydrogens (tertiary/aromatic N) is 1. The second kappa shape index (κ2) is 3.96. The Balaban J connectivity index is 2.32. The summed E-state index contributed by atoms with van der Waals surface area (Å²) in [5.74, 6) is 0.799. The van der Waals surface area contributed by atoms with Gasteiger partial charge in [0.25, 0.3) is 5.79 Å². The minimum Gasteiger partial charge on any atom is -0.448 e. The predicted octanol–water partition coefficient (Wildman–Crippen LogP) is 3.50. The lowest BCUT2D eigenvalue weighted by Gasteiger charge is -2.38. The third kappa shape index (κ3) is 1.95. The molecular weight excluding hydrogens is 214 g/mol. The van der Waals surface area contributed by atoms with Crippen molar-refractivity contribution in [1.82, 2.24) is 0 Å². The molecule has 17 heavy (non-hydrogen) atoms. The van der Waals surface area contributed by atoms with Crippen LogP contribution in [0.25, 0.3) is 0 Å². The molecular formula is C14H17NO2. The first kappa shape index (κ1) is 11.8. The Morgan fingerprint density at radius 2 is 1.71 bits per heavy atom. The van der Waals surface area contributed by atoms with Crippen molar-refractivity contribution in [3.05, 3.63) is 24.3 Å². The molecule has 0 spiro atoms. The van der Waals surface area contributed by atoms with Crippen LogP contribution in [0.3, 0.4) is 0 Å². The Bertz CT molecular complexity index is 429. The second-order valence-electron chi connectivity index (χ2n) is 5.31. The van der Waals surface area contributed by atoms with Crippen LogP contribution < -0.4 is 9.47 Å². The van der Waals surface area contributed by atoms with E-state index in [4.69, 9.17) is 14.7 Å². The predicted molar refractivity (Wildman–Crippen MR) is 64.7 cm³/mol. The maximum absolute atomic E-state index is 8.76. The van der Waals surface area contributed by atoms with E-state index < -0.39 is 5.79 Å². The van der Waals surface area contributed by atoms with Gasteiger partial charge in [-0.05, 0) is 12.1 Å². The summed E-state index contributed by atoms with van der Waals surface area (Å²) in [5, 5.41) is 8.76.